The molecule has 2 heterocycles. The first kappa shape index (κ1) is 17.6. The fourth-order valence-electron chi connectivity index (χ4n) is 2.87. The maximum atomic E-state index is 13.2. The SMILES string of the molecule is CC(c1ccccn1)N(C1CC1)S(=O)(=O)c1cn(C)c(=O)n(C)c1=O. The lowest BCUT2D eigenvalue weighted by atomic mass is 10.2. The van der Waals surface area contributed by atoms with Crippen LogP contribution < -0.4 is 11.2 Å². The van der Waals surface area contributed by atoms with Gasteiger partial charge in [-0.1, -0.05) is 6.07 Å². The highest BCUT2D eigenvalue weighted by atomic mass is 32.2. The molecule has 1 unspecified atom stereocenters. The van der Waals surface area contributed by atoms with Gasteiger partial charge in [-0.3, -0.25) is 14.3 Å². The molecule has 8 nitrogen and oxygen atoms in total. The lowest BCUT2D eigenvalue weighted by molar-refractivity contribution is 0.328. The van der Waals surface area contributed by atoms with Crippen LogP contribution in [0.4, 0.5) is 0 Å². The molecule has 0 radical (unpaired) electrons. The van der Waals surface area contributed by atoms with Crippen LogP contribution in [0.2, 0.25) is 0 Å². The molecule has 0 saturated heterocycles. The monoisotopic (exact) mass is 364 g/mol. The average Bonchev–Trinajstić information content (AvgIpc) is 3.41. The summed E-state index contributed by atoms with van der Waals surface area (Å²) in [7, 11) is -1.39. The van der Waals surface area contributed by atoms with Crippen molar-refractivity contribution in [3.63, 3.8) is 0 Å². The molecule has 2 aromatic heterocycles. The Balaban J connectivity index is 2.14. The van der Waals surface area contributed by atoms with Gasteiger partial charge in [-0.2, -0.15) is 4.31 Å². The topological polar surface area (TPSA) is 94.3 Å². The molecule has 0 aliphatic heterocycles. The van der Waals surface area contributed by atoms with Gasteiger partial charge in [0, 0.05) is 32.5 Å². The molecule has 2 aromatic rings. The van der Waals surface area contributed by atoms with E-state index in [1.807, 2.05) is 0 Å². The van der Waals surface area contributed by atoms with E-state index in [-0.39, 0.29) is 6.04 Å². The van der Waals surface area contributed by atoms with Crippen molar-refractivity contribution >= 4 is 10.0 Å². The maximum Gasteiger partial charge on any atom is 0.330 e. The van der Waals surface area contributed by atoms with E-state index >= 15 is 0 Å². The number of aromatic nitrogens is 3. The summed E-state index contributed by atoms with van der Waals surface area (Å²) in [5, 5.41) is 0. The normalized spacial score (nSPS) is 16.2. The Morgan fingerprint density at radius 1 is 1.24 bits per heavy atom. The Bertz CT molecular complexity index is 1010. The first-order chi connectivity index (χ1) is 11.7. The molecule has 1 atom stereocenters. The van der Waals surface area contributed by atoms with E-state index in [1.54, 1.807) is 31.3 Å². The first-order valence-electron chi connectivity index (χ1n) is 7.96. The van der Waals surface area contributed by atoms with Crippen molar-refractivity contribution in [2.45, 2.75) is 36.7 Å². The van der Waals surface area contributed by atoms with Crippen LogP contribution >= 0.6 is 0 Å². The largest absolute Gasteiger partial charge is 0.330 e. The zero-order valence-electron chi connectivity index (χ0n) is 14.3. The summed E-state index contributed by atoms with van der Waals surface area (Å²) >= 11 is 0. The van der Waals surface area contributed by atoms with E-state index in [0.29, 0.717) is 5.69 Å². The fraction of sp³-hybridized carbons (Fsp3) is 0.438. The second-order valence-electron chi connectivity index (χ2n) is 6.25. The van der Waals surface area contributed by atoms with Gasteiger partial charge in [0.15, 0.2) is 4.90 Å². The molecule has 25 heavy (non-hydrogen) atoms. The highest BCUT2D eigenvalue weighted by molar-refractivity contribution is 7.89. The molecular formula is C16H20N4O4S. The number of aryl methyl sites for hydroxylation is 1. The Kier molecular flexibility index (Phi) is 4.38. The molecule has 0 amide bonds. The number of nitrogens with zero attached hydrogens (tertiary/aromatic N) is 4. The molecule has 1 saturated carbocycles. The Morgan fingerprint density at radius 3 is 2.48 bits per heavy atom. The van der Waals surface area contributed by atoms with E-state index in [1.165, 1.54) is 18.4 Å². The Hall–Kier alpha value is -2.26. The summed E-state index contributed by atoms with van der Waals surface area (Å²) in [6, 6.07) is 4.63. The van der Waals surface area contributed by atoms with Gasteiger partial charge in [-0.05, 0) is 31.9 Å². The summed E-state index contributed by atoms with van der Waals surface area (Å²) in [6.45, 7) is 1.75. The van der Waals surface area contributed by atoms with Crippen LogP contribution in [0.15, 0.2) is 45.1 Å². The van der Waals surface area contributed by atoms with Gasteiger partial charge in [0.25, 0.3) is 15.6 Å². The van der Waals surface area contributed by atoms with Gasteiger partial charge in [-0.25, -0.2) is 13.2 Å². The van der Waals surface area contributed by atoms with Crippen molar-refractivity contribution in [2.75, 3.05) is 0 Å². The minimum Gasteiger partial charge on any atom is -0.302 e. The number of pyridine rings is 1. The second kappa shape index (κ2) is 6.23. The first-order valence-corrected chi connectivity index (χ1v) is 9.40. The molecule has 0 aromatic carbocycles. The molecule has 9 heteroatoms. The quantitative estimate of drug-likeness (QED) is 0.765. The van der Waals surface area contributed by atoms with E-state index in [9.17, 15) is 18.0 Å². The van der Waals surface area contributed by atoms with Gasteiger partial charge >= 0.3 is 5.69 Å². The second-order valence-corrected chi connectivity index (χ2v) is 8.06. The third-order valence-corrected chi connectivity index (χ3v) is 6.38. The summed E-state index contributed by atoms with van der Waals surface area (Å²) in [6.07, 6.45) is 4.18. The third kappa shape index (κ3) is 3.05. The highest BCUT2D eigenvalue weighted by Gasteiger charge is 2.43. The summed E-state index contributed by atoms with van der Waals surface area (Å²) < 4.78 is 29.7. The summed E-state index contributed by atoms with van der Waals surface area (Å²) in [4.78, 5) is 28.1. The van der Waals surface area contributed by atoms with Crippen LogP contribution in [-0.4, -0.2) is 32.9 Å². The van der Waals surface area contributed by atoms with Crippen LogP contribution in [0, 0.1) is 0 Å². The van der Waals surface area contributed by atoms with Crippen molar-refractivity contribution < 1.29 is 8.42 Å². The van der Waals surface area contributed by atoms with Gasteiger partial charge in [0.1, 0.15) is 0 Å². The highest BCUT2D eigenvalue weighted by Crippen LogP contribution is 2.37. The van der Waals surface area contributed by atoms with Crippen LogP contribution in [0.3, 0.4) is 0 Å². The Morgan fingerprint density at radius 2 is 1.92 bits per heavy atom. The van der Waals surface area contributed by atoms with E-state index < -0.39 is 32.2 Å². The van der Waals surface area contributed by atoms with Crippen molar-refractivity contribution in [3.8, 4) is 0 Å². The predicted octanol–water partition coefficient (Wildman–Crippen LogP) is 0.393. The van der Waals surface area contributed by atoms with Gasteiger partial charge in [-0.15, -0.1) is 0 Å². The minimum atomic E-state index is -4.08. The van der Waals surface area contributed by atoms with Crippen LogP contribution in [0.5, 0.6) is 0 Å². The standard InChI is InChI=1S/C16H20N4O4S/c1-11(13-6-4-5-9-17-13)20(12-7-8-12)25(23,24)14-10-18(2)16(22)19(3)15(14)21/h4-6,9-12H,7-8H2,1-3H3. The third-order valence-electron chi connectivity index (χ3n) is 4.37. The van der Waals surface area contributed by atoms with Gasteiger partial charge in [0.2, 0.25) is 0 Å². The number of rotatable bonds is 5. The molecule has 0 N–H and O–H groups in total. The lowest BCUT2D eigenvalue weighted by Crippen LogP contribution is -2.44. The van der Waals surface area contributed by atoms with Crippen LogP contribution in [0.1, 0.15) is 31.5 Å². The molecule has 134 valence electrons. The average molecular weight is 364 g/mol. The van der Waals surface area contributed by atoms with Crippen LogP contribution in [0.25, 0.3) is 0 Å². The fourth-order valence-corrected chi connectivity index (χ4v) is 4.87. The van der Waals surface area contributed by atoms with E-state index in [4.69, 9.17) is 0 Å². The molecule has 1 fully saturated rings. The molecule has 0 spiro atoms. The summed E-state index contributed by atoms with van der Waals surface area (Å²) in [5.74, 6) is 0. The number of hydrogen-bond donors (Lipinski definition) is 0. The summed E-state index contributed by atoms with van der Waals surface area (Å²) in [5.41, 5.74) is -0.777. The van der Waals surface area contributed by atoms with Crippen molar-refractivity contribution in [2.24, 2.45) is 14.1 Å². The van der Waals surface area contributed by atoms with E-state index in [0.717, 1.165) is 28.2 Å². The number of sulfonamides is 1. The van der Waals surface area contributed by atoms with Crippen molar-refractivity contribution in [1.29, 1.82) is 0 Å². The van der Waals surface area contributed by atoms with Gasteiger partial charge in [0.05, 0.1) is 11.7 Å². The molecule has 3 rings (SSSR count). The van der Waals surface area contributed by atoms with Crippen molar-refractivity contribution in [3.05, 3.63) is 57.1 Å². The molecule has 1 aliphatic rings. The minimum absolute atomic E-state index is 0.163. The zero-order chi connectivity index (χ0) is 18.4. The molecular weight excluding hydrogens is 344 g/mol. The molecule has 1 aliphatic carbocycles. The predicted molar refractivity (Wildman–Crippen MR) is 91.6 cm³/mol. The Labute approximate surface area is 145 Å². The van der Waals surface area contributed by atoms with Crippen molar-refractivity contribution in [1.82, 2.24) is 18.4 Å². The van der Waals surface area contributed by atoms with E-state index in [2.05, 4.69) is 4.98 Å². The molecule has 0 bridgehead atoms. The zero-order valence-corrected chi connectivity index (χ0v) is 15.1. The van der Waals surface area contributed by atoms with Gasteiger partial charge < -0.3 is 4.57 Å². The maximum absolute atomic E-state index is 13.2. The number of hydrogen-bond acceptors (Lipinski definition) is 5. The van der Waals surface area contributed by atoms with Crippen LogP contribution in [-0.2, 0) is 24.1 Å². The lowest BCUT2D eigenvalue weighted by Gasteiger charge is -2.28. The smallest absolute Gasteiger partial charge is 0.302 e.